The van der Waals surface area contributed by atoms with Gasteiger partial charge in [0.05, 0.1) is 13.2 Å². The molecule has 1 rings (SSSR count). The van der Waals surface area contributed by atoms with Crippen LogP contribution in [-0.4, -0.2) is 35.7 Å². The van der Waals surface area contributed by atoms with Crippen LogP contribution in [0, 0.1) is 5.92 Å². The molecule has 0 aromatic heterocycles. The molecular weight excluding hydrogens is 240 g/mol. The molecule has 1 fully saturated rings. The van der Waals surface area contributed by atoms with E-state index in [1.54, 1.807) is 0 Å². The van der Waals surface area contributed by atoms with Crippen molar-refractivity contribution in [2.75, 3.05) is 13.2 Å². The van der Waals surface area contributed by atoms with E-state index in [-0.39, 0.29) is 24.1 Å². The Morgan fingerprint density at radius 2 is 1.89 bits per heavy atom. The van der Waals surface area contributed by atoms with Crippen LogP contribution in [0.5, 0.6) is 0 Å². The lowest BCUT2D eigenvalue weighted by Gasteiger charge is -2.38. The van der Waals surface area contributed by atoms with Crippen molar-refractivity contribution in [3.8, 4) is 0 Å². The Morgan fingerprint density at radius 3 is 2.37 bits per heavy atom. The van der Waals surface area contributed by atoms with Crippen molar-refractivity contribution < 1.29 is 9.90 Å². The Balaban J connectivity index is 2.38. The van der Waals surface area contributed by atoms with E-state index in [0.29, 0.717) is 6.54 Å². The van der Waals surface area contributed by atoms with Crippen LogP contribution in [0.1, 0.15) is 59.3 Å². The Labute approximate surface area is 117 Å². The van der Waals surface area contributed by atoms with Crippen LogP contribution in [0.25, 0.3) is 0 Å². The predicted octanol–water partition coefficient (Wildman–Crippen LogP) is 1.82. The highest BCUT2D eigenvalue weighted by atomic mass is 16.3. The third kappa shape index (κ3) is 5.11. The molecule has 0 spiro atoms. The Kier molecular flexibility index (Phi) is 6.80. The van der Waals surface area contributed by atoms with Crippen molar-refractivity contribution in [1.82, 2.24) is 10.6 Å². The van der Waals surface area contributed by atoms with Gasteiger partial charge in [-0.25, -0.2) is 0 Å². The maximum atomic E-state index is 11.9. The maximum absolute atomic E-state index is 11.9. The first-order valence-corrected chi connectivity index (χ1v) is 7.70. The minimum atomic E-state index is -0.238. The SMILES string of the molecule is CCC(CC)NC(=O)CNC1(CO)CCC(C)CC1. The van der Waals surface area contributed by atoms with E-state index in [0.717, 1.165) is 44.4 Å². The summed E-state index contributed by atoms with van der Waals surface area (Å²) < 4.78 is 0. The van der Waals surface area contributed by atoms with Gasteiger partial charge in [-0.15, -0.1) is 0 Å². The normalized spacial score (nSPS) is 27.5. The molecule has 112 valence electrons. The standard InChI is InChI=1S/C15H30N2O2/c1-4-13(5-2)17-14(19)10-16-15(11-18)8-6-12(3)7-9-15/h12-13,16,18H,4-11H2,1-3H3,(H,17,19). The average molecular weight is 270 g/mol. The van der Waals surface area contributed by atoms with Gasteiger partial charge in [-0.05, 0) is 44.4 Å². The van der Waals surface area contributed by atoms with Crippen LogP contribution in [-0.2, 0) is 4.79 Å². The molecule has 0 aromatic carbocycles. The molecule has 3 N–H and O–H groups in total. The smallest absolute Gasteiger partial charge is 0.234 e. The third-order valence-corrected chi connectivity index (χ3v) is 4.51. The van der Waals surface area contributed by atoms with Gasteiger partial charge in [0.15, 0.2) is 0 Å². The van der Waals surface area contributed by atoms with Gasteiger partial charge in [-0.1, -0.05) is 20.8 Å². The van der Waals surface area contributed by atoms with E-state index < -0.39 is 0 Å². The molecule has 0 unspecified atom stereocenters. The second-order valence-electron chi connectivity index (χ2n) is 6.06. The van der Waals surface area contributed by atoms with E-state index in [4.69, 9.17) is 0 Å². The number of carbonyl (C=O) groups is 1. The van der Waals surface area contributed by atoms with Crippen LogP contribution in [0.2, 0.25) is 0 Å². The fourth-order valence-corrected chi connectivity index (χ4v) is 2.74. The first-order valence-electron chi connectivity index (χ1n) is 7.70. The molecule has 4 heteroatoms. The average Bonchev–Trinajstić information content (AvgIpc) is 2.44. The molecule has 4 nitrogen and oxygen atoms in total. The molecule has 0 atom stereocenters. The van der Waals surface area contributed by atoms with E-state index in [9.17, 15) is 9.90 Å². The second kappa shape index (κ2) is 7.85. The lowest BCUT2D eigenvalue weighted by atomic mass is 9.77. The summed E-state index contributed by atoms with van der Waals surface area (Å²) in [6, 6.07) is 0.269. The van der Waals surface area contributed by atoms with Crippen molar-refractivity contribution in [2.45, 2.75) is 70.9 Å². The molecule has 0 heterocycles. The minimum Gasteiger partial charge on any atom is -0.394 e. The highest BCUT2D eigenvalue weighted by Gasteiger charge is 2.33. The second-order valence-corrected chi connectivity index (χ2v) is 6.06. The summed E-state index contributed by atoms with van der Waals surface area (Å²) in [5, 5.41) is 15.9. The van der Waals surface area contributed by atoms with Gasteiger partial charge in [0.25, 0.3) is 0 Å². The van der Waals surface area contributed by atoms with Gasteiger partial charge in [0, 0.05) is 11.6 Å². The molecule has 19 heavy (non-hydrogen) atoms. The molecule has 0 aromatic rings. The molecule has 0 radical (unpaired) electrons. The van der Waals surface area contributed by atoms with Crippen molar-refractivity contribution in [3.63, 3.8) is 0 Å². The van der Waals surface area contributed by atoms with Crippen molar-refractivity contribution in [2.24, 2.45) is 5.92 Å². The zero-order valence-electron chi connectivity index (χ0n) is 12.7. The summed E-state index contributed by atoms with van der Waals surface area (Å²) in [4.78, 5) is 11.9. The van der Waals surface area contributed by atoms with Crippen LogP contribution in [0.4, 0.5) is 0 Å². The number of aliphatic hydroxyl groups excluding tert-OH is 1. The van der Waals surface area contributed by atoms with Crippen LogP contribution in [0.3, 0.4) is 0 Å². The Bertz CT molecular complexity index is 269. The molecule has 0 aliphatic heterocycles. The van der Waals surface area contributed by atoms with Gasteiger partial charge in [0.1, 0.15) is 0 Å². The minimum absolute atomic E-state index is 0.0418. The molecular formula is C15H30N2O2. The predicted molar refractivity (Wildman–Crippen MR) is 78.0 cm³/mol. The molecule has 0 bridgehead atoms. The summed E-state index contributed by atoms with van der Waals surface area (Å²) in [5.74, 6) is 0.778. The van der Waals surface area contributed by atoms with Crippen molar-refractivity contribution in [3.05, 3.63) is 0 Å². The largest absolute Gasteiger partial charge is 0.394 e. The lowest BCUT2D eigenvalue weighted by molar-refractivity contribution is -0.121. The van der Waals surface area contributed by atoms with E-state index in [2.05, 4.69) is 31.4 Å². The summed E-state index contributed by atoms with van der Waals surface area (Å²) in [6.45, 7) is 6.85. The Hall–Kier alpha value is -0.610. The van der Waals surface area contributed by atoms with E-state index in [1.807, 2.05) is 0 Å². The molecule has 1 aliphatic carbocycles. The summed E-state index contributed by atoms with van der Waals surface area (Å²) in [6.07, 6.45) is 6.10. The summed E-state index contributed by atoms with van der Waals surface area (Å²) >= 11 is 0. The number of rotatable bonds is 7. The highest BCUT2D eigenvalue weighted by molar-refractivity contribution is 5.78. The molecule has 0 saturated heterocycles. The van der Waals surface area contributed by atoms with Crippen LogP contribution < -0.4 is 10.6 Å². The Morgan fingerprint density at radius 1 is 1.32 bits per heavy atom. The van der Waals surface area contributed by atoms with Gasteiger partial charge in [-0.3, -0.25) is 4.79 Å². The summed E-state index contributed by atoms with van der Waals surface area (Å²) in [5.41, 5.74) is -0.238. The van der Waals surface area contributed by atoms with Gasteiger partial charge in [0.2, 0.25) is 5.91 Å². The number of hydrogen-bond donors (Lipinski definition) is 3. The highest BCUT2D eigenvalue weighted by Crippen LogP contribution is 2.31. The van der Waals surface area contributed by atoms with Crippen LogP contribution >= 0.6 is 0 Å². The molecule has 1 saturated carbocycles. The quantitative estimate of drug-likeness (QED) is 0.661. The molecule has 1 amide bonds. The zero-order chi connectivity index (χ0) is 14.3. The van der Waals surface area contributed by atoms with E-state index in [1.165, 1.54) is 0 Å². The number of nitrogens with one attached hydrogen (secondary N) is 2. The topological polar surface area (TPSA) is 61.4 Å². The van der Waals surface area contributed by atoms with E-state index >= 15 is 0 Å². The first kappa shape index (κ1) is 16.4. The van der Waals surface area contributed by atoms with Gasteiger partial charge < -0.3 is 15.7 Å². The maximum Gasteiger partial charge on any atom is 0.234 e. The number of amides is 1. The monoisotopic (exact) mass is 270 g/mol. The molecule has 1 aliphatic rings. The van der Waals surface area contributed by atoms with Gasteiger partial charge >= 0.3 is 0 Å². The lowest BCUT2D eigenvalue weighted by Crippen LogP contribution is -2.54. The van der Waals surface area contributed by atoms with Gasteiger partial charge in [-0.2, -0.15) is 0 Å². The summed E-state index contributed by atoms with van der Waals surface area (Å²) in [7, 11) is 0. The number of carbonyl (C=O) groups excluding carboxylic acids is 1. The first-order chi connectivity index (χ1) is 9.05. The zero-order valence-corrected chi connectivity index (χ0v) is 12.7. The van der Waals surface area contributed by atoms with Crippen molar-refractivity contribution in [1.29, 1.82) is 0 Å². The number of aliphatic hydroxyl groups is 1. The number of hydrogen-bond acceptors (Lipinski definition) is 3. The third-order valence-electron chi connectivity index (χ3n) is 4.51. The fourth-order valence-electron chi connectivity index (χ4n) is 2.74. The van der Waals surface area contributed by atoms with Crippen LogP contribution in [0.15, 0.2) is 0 Å². The van der Waals surface area contributed by atoms with Crippen molar-refractivity contribution >= 4 is 5.91 Å². The fraction of sp³-hybridized carbons (Fsp3) is 0.933.